The van der Waals surface area contributed by atoms with Gasteiger partial charge in [-0.05, 0) is 32.9 Å². The number of nitriles is 1. The molecule has 1 atom stereocenters. The Morgan fingerprint density at radius 2 is 2.00 bits per heavy atom. The zero-order valence-electron chi connectivity index (χ0n) is 10.7. The standard InChI is InChI=1S/C13H16N2O2S/c1-13(2,3)18(17)9-12(16)15-11-7-5-4-6-10(11)8-14/h4-7H,9H2,1-3H3,(H,15,16). The summed E-state index contributed by atoms with van der Waals surface area (Å²) < 4.78 is 11.4. The number of carbonyl (C=O) groups is 1. The van der Waals surface area contributed by atoms with Gasteiger partial charge in [0.15, 0.2) is 0 Å². The van der Waals surface area contributed by atoms with E-state index in [2.05, 4.69) is 5.32 Å². The molecule has 0 bridgehead atoms. The van der Waals surface area contributed by atoms with Gasteiger partial charge >= 0.3 is 0 Å². The number of rotatable bonds is 3. The van der Waals surface area contributed by atoms with Gasteiger partial charge in [-0.15, -0.1) is 0 Å². The lowest BCUT2D eigenvalue weighted by Gasteiger charge is -2.17. The average Bonchev–Trinajstić information content (AvgIpc) is 2.28. The fourth-order valence-corrected chi connectivity index (χ4v) is 1.95. The Labute approximate surface area is 109 Å². The minimum Gasteiger partial charge on any atom is -0.324 e. The smallest absolute Gasteiger partial charge is 0.237 e. The van der Waals surface area contributed by atoms with Crippen molar-refractivity contribution in [3.8, 4) is 6.07 Å². The van der Waals surface area contributed by atoms with Crippen molar-refractivity contribution in [3.05, 3.63) is 29.8 Å². The summed E-state index contributed by atoms with van der Waals surface area (Å²) in [5.41, 5.74) is 0.850. The summed E-state index contributed by atoms with van der Waals surface area (Å²) in [5.74, 6) is -0.408. The first kappa shape index (κ1) is 14.4. The van der Waals surface area contributed by atoms with Crippen molar-refractivity contribution in [1.29, 1.82) is 5.26 Å². The molecule has 0 radical (unpaired) electrons. The number of para-hydroxylation sites is 1. The van der Waals surface area contributed by atoms with Crippen LogP contribution in [-0.2, 0) is 15.6 Å². The van der Waals surface area contributed by atoms with Crippen LogP contribution in [0.4, 0.5) is 5.69 Å². The third-order valence-corrected chi connectivity index (χ3v) is 4.16. The number of hydrogen-bond acceptors (Lipinski definition) is 3. The molecule has 1 rings (SSSR count). The fraction of sp³-hybridized carbons (Fsp3) is 0.385. The number of nitrogens with one attached hydrogen (secondary N) is 1. The van der Waals surface area contributed by atoms with Crippen LogP contribution in [0.15, 0.2) is 24.3 Å². The summed E-state index contributed by atoms with van der Waals surface area (Å²) in [6, 6.07) is 8.72. The number of amides is 1. The van der Waals surface area contributed by atoms with E-state index in [0.717, 1.165) is 0 Å². The van der Waals surface area contributed by atoms with Crippen LogP contribution in [0, 0.1) is 11.3 Å². The predicted octanol–water partition coefficient (Wildman–Crippen LogP) is 2.04. The first-order valence-corrected chi connectivity index (χ1v) is 6.84. The van der Waals surface area contributed by atoms with Gasteiger partial charge in [-0.2, -0.15) is 5.26 Å². The van der Waals surface area contributed by atoms with E-state index in [0.29, 0.717) is 11.3 Å². The second-order valence-corrected chi connectivity index (χ2v) is 7.01. The van der Waals surface area contributed by atoms with Gasteiger partial charge < -0.3 is 5.32 Å². The molecular weight excluding hydrogens is 248 g/mol. The Hall–Kier alpha value is -1.67. The molecule has 1 aromatic carbocycles. The number of nitrogens with zero attached hydrogens (tertiary/aromatic N) is 1. The summed E-state index contributed by atoms with van der Waals surface area (Å²) in [6.45, 7) is 5.46. The Morgan fingerprint density at radius 3 is 2.56 bits per heavy atom. The van der Waals surface area contributed by atoms with Crippen molar-refractivity contribution in [2.45, 2.75) is 25.5 Å². The van der Waals surface area contributed by atoms with E-state index in [-0.39, 0.29) is 11.7 Å². The molecule has 0 heterocycles. The first-order chi connectivity index (χ1) is 8.34. The van der Waals surface area contributed by atoms with E-state index < -0.39 is 15.5 Å². The molecule has 18 heavy (non-hydrogen) atoms. The molecule has 4 nitrogen and oxygen atoms in total. The Balaban J connectivity index is 2.72. The summed E-state index contributed by atoms with van der Waals surface area (Å²) in [5, 5.41) is 11.5. The molecule has 96 valence electrons. The van der Waals surface area contributed by atoms with Crippen LogP contribution in [-0.4, -0.2) is 20.6 Å². The molecule has 1 N–H and O–H groups in total. The van der Waals surface area contributed by atoms with Gasteiger partial charge in [-0.25, -0.2) is 0 Å². The van der Waals surface area contributed by atoms with Crippen molar-refractivity contribution in [3.63, 3.8) is 0 Å². The zero-order chi connectivity index (χ0) is 13.8. The van der Waals surface area contributed by atoms with Crippen LogP contribution in [0.25, 0.3) is 0 Å². The van der Waals surface area contributed by atoms with Gasteiger partial charge in [0.2, 0.25) is 5.91 Å². The van der Waals surface area contributed by atoms with Crippen molar-refractivity contribution in [1.82, 2.24) is 0 Å². The molecule has 0 saturated heterocycles. The van der Waals surface area contributed by atoms with Gasteiger partial charge in [0.05, 0.1) is 11.3 Å². The highest BCUT2D eigenvalue weighted by Gasteiger charge is 2.22. The molecule has 0 aliphatic carbocycles. The Kier molecular flexibility index (Phi) is 4.62. The molecule has 0 spiro atoms. The van der Waals surface area contributed by atoms with Crippen molar-refractivity contribution in [2.24, 2.45) is 0 Å². The molecule has 0 aliphatic heterocycles. The maximum absolute atomic E-state index is 11.8. The highest BCUT2D eigenvalue weighted by atomic mass is 32.2. The van der Waals surface area contributed by atoms with Crippen molar-refractivity contribution < 1.29 is 9.00 Å². The third-order valence-electron chi connectivity index (χ3n) is 2.27. The van der Waals surface area contributed by atoms with Crippen LogP contribution in [0.5, 0.6) is 0 Å². The van der Waals surface area contributed by atoms with Gasteiger partial charge in [0.1, 0.15) is 11.8 Å². The number of hydrogen-bond donors (Lipinski definition) is 1. The largest absolute Gasteiger partial charge is 0.324 e. The fourth-order valence-electron chi connectivity index (χ4n) is 1.21. The Morgan fingerprint density at radius 1 is 1.39 bits per heavy atom. The number of benzene rings is 1. The monoisotopic (exact) mass is 264 g/mol. The van der Waals surface area contributed by atoms with Crippen LogP contribution in [0.3, 0.4) is 0 Å². The zero-order valence-corrected chi connectivity index (χ0v) is 11.5. The van der Waals surface area contributed by atoms with Gasteiger partial charge in [0, 0.05) is 15.5 Å². The maximum Gasteiger partial charge on any atom is 0.237 e. The summed E-state index contributed by atoms with van der Waals surface area (Å²) >= 11 is 0. The van der Waals surface area contributed by atoms with E-state index in [9.17, 15) is 9.00 Å². The summed E-state index contributed by atoms with van der Waals surface area (Å²) in [4.78, 5) is 11.7. The lowest BCUT2D eigenvalue weighted by molar-refractivity contribution is -0.113. The lowest BCUT2D eigenvalue weighted by Crippen LogP contribution is -2.30. The molecule has 5 heteroatoms. The molecule has 1 amide bonds. The van der Waals surface area contributed by atoms with Crippen molar-refractivity contribution in [2.75, 3.05) is 11.1 Å². The molecular formula is C13H16N2O2S. The average molecular weight is 264 g/mol. The molecule has 0 saturated carbocycles. The molecule has 0 aliphatic rings. The van der Waals surface area contributed by atoms with E-state index in [1.807, 2.05) is 26.8 Å². The Bertz CT molecular complexity index is 512. The third kappa shape index (κ3) is 3.97. The minimum absolute atomic E-state index is 0.0662. The second-order valence-electron chi connectivity index (χ2n) is 4.81. The first-order valence-electron chi connectivity index (χ1n) is 5.52. The van der Waals surface area contributed by atoms with Crippen LogP contribution in [0.1, 0.15) is 26.3 Å². The van der Waals surface area contributed by atoms with E-state index in [4.69, 9.17) is 5.26 Å². The molecule has 0 aromatic heterocycles. The predicted molar refractivity (Wildman–Crippen MR) is 72.5 cm³/mol. The maximum atomic E-state index is 11.8. The molecule has 1 aromatic rings. The lowest BCUT2D eigenvalue weighted by atomic mass is 10.2. The van der Waals surface area contributed by atoms with E-state index >= 15 is 0 Å². The highest BCUT2D eigenvalue weighted by molar-refractivity contribution is 7.87. The van der Waals surface area contributed by atoms with Gasteiger partial charge in [-0.1, -0.05) is 12.1 Å². The van der Waals surface area contributed by atoms with E-state index in [1.54, 1.807) is 24.3 Å². The normalized spacial score (nSPS) is 12.6. The minimum atomic E-state index is -1.24. The highest BCUT2D eigenvalue weighted by Crippen LogP contribution is 2.15. The van der Waals surface area contributed by atoms with Crippen LogP contribution in [0.2, 0.25) is 0 Å². The quantitative estimate of drug-likeness (QED) is 0.908. The van der Waals surface area contributed by atoms with Crippen LogP contribution < -0.4 is 5.32 Å². The number of carbonyl (C=O) groups excluding carboxylic acids is 1. The number of anilines is 1. The topological polar surface area (TPSA) is 70.0 Å². The molecule has 0 fully saturated rings. The van der Waals surface area contributed by atoms with Crippen molar-refractivity contribution >= 4 is 22.4 Å². The van der Waals surface area contributed by atoms with Gasteiger partial charge in [0.25, 0.3) is 0 Å². The van der Waals surface area contributed by atoms with Crippen LogP contribution >= 0.6 is 0 Å². The summed E-state index contributed by atoms with van der Waals surface area (Å²) in [6.07, 6.45) is 0. The molecule has 1 unspecified atom stereocenters. The van der Waals surface area contributed by atoms with Gasteiger partial charge in [-0.3, -0.25) is 9.00 Å². The van der Waals surface area contributed by atoms with E-state index in [1.165, 1.54) is 0 Å². The SMILES string of the molecule is CC(C)(C)S(=O)CC(=O)Nc1ccccc1C#N. The second kappa shape index (κ2) is 5.78. The summed E-state index contributed by atoms with van der Waals surface area (Å²) in [7, 11) is -1.24.